The first-order chi connectivity index (χ1) is 8.65. The number of hydrogen-bond donors (Lipinski definition) is 2. The van der Waals surface area contributed by atoms with Crippen LogP contribution in [0.2, 0.25) is 5.02 Å². The molecular weight excluding hydrogens is 256 g/mol. The van der Waals surface area contributed by atoms with E-state index in [1.54, 1.807) is 23.1 Å². The summed E-state index contributed by atoms with van der Waals surface area (Å²) in [5.74, 6) is -0.176. The third-order valence-electron chi connectivity index (χ3n) is 2.27. The number of rotatable bonds is 4. The number of nitrogens with zero attached hydrogens (tertiary/aromatic N) is 3. The molecule has 0 aliphatic heterocycles. The molecule has 0 aliphatic carbocycles. The maximum atomic E-state index is 11.6. The number of halogens is 1. The number of aromatic nitrogens is 3. The Balaban J connectivity index is 1.88. The number of benzene rings is 1. The smallest absolute Gasteiger partial charge is 0.226 e. The van der Waals surface area contributed by atoms with E-state index < -0.39 is 0 Å². The summed E-state index contributed by atoms with van der Waals surface area (Å²) < 4.78 is 1.57. The second-order valence-electron chi connectivity index (χ2n) is 3.63. The summed E-state index contributed by atoms with van der Waals surface area (Å²) in [7, 11) is 0. The zero-order chi connectivity index (χ0) is 13.0. The van der Waals surface area contributed by atoms with Gasteiger partial charge < -0.3 is 10.4 Å². The molecule has 1 aromatic heterocycles. The third kappa shape index (κ3) is 3.21. The second-order valence-corrected chi connectivity index (χ2v) is 4.04. The Kier molecular flexibility index (Phi) is 3.78. The van der Waals surface area contributed by atoms with Crippen molar-refractivity contribution in [3.63, 3.8) is 0 Å². The van der Waals surface area contributed by atoms with Crippen molar-refractivity contribution in [1.29, 1.82) is 0 Å². The lowest BCUT2D eigenvalue weighted by atomic mass is 10.3. The van der Waals surface area contributed by atoms with Crippen LogP contribution in [0.1, 0.15) is 6.42 Å². The largest absolute Gasteiger partial charge is 0.506 e. The molecule has 94 valence electrons. The maximum absolute atomic E-state index is 11.6. The number of hydrogen-bond acceptors (Lipinski definition) is 4. The van der Waals surface area contributed by atoms with Crippen molar-refractivity contribution in [1.82, 2.24) is 15.0 Å². The first kappa shape index (κ1) is 12.4. The van der Waals surface area contributed by atoms with E-state index in [-0.39, 0.29) is 23.1 Å². The lowest BCUT2D eigenvalue weighted by Crippen LogP contribution is -2.14. The van der Waals surface area contributed by atoms with E-state index in [4.69, 9.17) is 11.6 Å². The van der Waals surface area contributed by atoms with Crippen LogP contribution in [0.15, 0.2) is 30.6 Å². The Morgan fingerprint density at radius 3 is 3.00 bits per heavy atom. The van der Waals surface area contributed by atoms with Crippen LogP contribution >= 0.6 is 11.6 Å². The van der Waals surface area contributed by atoms with Crippen molar-refractivity contribution < 1.29 is 9.90 Å². The SMILES string of the molecule is O=C(CCn1ccnn1)Nc1ccc(O)c(Cl)c1. The van der Waals surface area contributed by atoms with Gasteiger partial charge in [0.1, 0.15) is 5.75 Å². The van der Waals surface area contributed by atoms with Crippen molar-refractivity contribution >= 4 is 23.2 Å². The number of carbonyl (C=O) groups is 1. The number of phenols is 1. The Hall–Kier alpha value is -2.08. The van der Waals surface area contributed by atoms with Gasteiger partial charge in [-0.15, -0.1) is 5.10 Å². The number of carbonyl (C=O) groups excluding carboxylic acids is 1. The van der Waals surface area contributed by atoms with Crippen LogP contribution in [0.5, 0.6) is 5.75 Å². The van der Waals surface area contributed by atoms with Gasteiger partial charge in [0.25, 0.3) is 0 Å². The number of phenolic OH excluding ortho intramolecular Hbond substituents is 1. The fraction of sp³-hybridized carbons (Fsp3) is 0.182. The van der Waals surface area contributed by atoms with Gasteiger partial charge in [-0.25, -0.2) is 0 Å². The van der Waals surface area contributed by atoms with Crippen LogP contribution in [-0.2, 0) is 11.3 Å². The Morgan fingerprint density at radius 1 is 1.50 bits per heavy atom. The van der Waals surface area contributed by atoms with E-state index in [1.165, 1.54) is 12.1 Å². The van der Waals surface area contributed by atoms with Crippen molar-refractivity contribution in [3.8, 4) is 5.75 Å². The van der Waals surface area contributed by atoms with Gasteiger partial charge in [-0.3, -0.25) is 9.48 Å². The highest BCUT2D eigenvalue weighted by Gasteiger charge is 2.05. The van der Waals surface area contributed by atoms with Crippen LogP contribution in [0, 0.1) is 0 Å². The summed E-state index contributed by atoms with van der Waals surface area (Å²) in [6.07, 6.45) is 3.52. The lowest BCUT2D eigenvalue weighted by molar-refractivity contribution is -0.116. The van der Waals surface area contributed by atoms with Crippen molar-refractivity contribution in [3.05, 3.63) is 35.6 Å². The van der Waals surface area contributed by atoms with Crippen LogP contribution in [-0.4, -0.2) is 26.0 Å². The van der Waals surface area contributed by atoms with Gasteiger partial charge in [-0.1, -0.05) is 16.8 Å². The lowest BCUT2D eigenvalue weighted by Gasteiger charge is -2.06. The van der Waals surface area contributed by atoms with Gasteiger partial charge in [-0.05, 0) is 18.2 Å². The minimum atomic E-state index is -0.160. The summed E-state index contributed by atoms with van der Waals surface area (Å²) in [5.41, 5.74) is 0.543. The van der Waals surface area contributed by atoms with E-state index >= 15 is 0 Å². The van der Waals surface area contributed by atoms with E-state index in [9.17, 15) is 9.90 Å². The van der Waals surface area contributed by atoms with E-state index in [1.807, 2.05) is 0 Å². The molecule has 1 heterocycles. The van der Waals surface area contributed by atoms with Crippen LogP contribution in [0.25, 0.3) is 0 Å². The standard InChI is InChI=1S/C11H11ClN4O2/c12-9-7-8(1-2-10(9)17)14-11(18)3-5-16-6-4-13-15-16/h1-2,4,6-7,17H,3,5H2,(H,14,18). The minimum Gasteiger partial charge on any atom is -0.506 e. The predicted molar refractivity (Wildman–Crippen MR) is 66.4 cm³/mol. The Labute approximate surface area is 108 Å². The summed E-state index contributed by atoms with van der Waals surface area (Å²) in [6.45, 7) is 0.456. The molecule has 6 nitrogen and oxygen atoms in total. The van der Waals surface area contributed by atoms with Gasteiger partial charge >= 0.3 is 0 Å². The second kappa shape index (κ2) is 5.50. The first-order valence-corrected chi connectivity index (χ1v) is 5.65. The molecule has 0 spiro atoms. The molecule has 0 saturated heterocycles. The minimum absolute atomic E-state index is 0.0164. The average molecular weight is 267 g/mol. The average Bonchev–Trinajstić information content (AvgIpc) is 2.84. The molecule has 2 aromatic rings. The molecule has 0 aliphatic rings. The highest BCUT2D eigenvalue weighted by atomic mass is 35.5. The fourth-order valence-electron chi connectivity index (χ4n) is 1.38. The van der Waals surface area contributed by atoms with Gasteiger partial charge in [-0.2, -0.15) is 0 Å². The number of aromatic hydroxyl groups is 1. The molecule has 0 radical (unpaired) electrons. The normalized spacial score (nSPS) is 10.3. The fourth-order valence-corrected chi connectivity index (χ4v) is 1.56. The van der Waals surface area contributed by atoms with Crippen molar-refractivity contribution in [2.75, 3.05) is 5.32 Å². The number of nitrogens with one attached hydrogen (secondary N) is 1. The van der Waals surface area contributed by atoms with Crippen LogP contribution < -0.4 is 5.32 Å². The van der Waals surface area contributed by atoms with Crippen molar-refractivity contribution in [2.45, 2.75) is 13.0 Å². The van der Waals surface area contributed by atoms with Gasteiger partial charge in [0.05, 0.1) is 17.8 Å². The highest BCUT2D eigenvalue weighted by Crippen LogP contribution is 2.26. The zero-order valence-corrected chi connectivity index (χ0v) is 10.1. The zero-order valence-electron chi connectivity index (χ0n) is 9.38. The third-order valence-corrected chi connectivity index (χ3v) is 2.57. The Bertz CT molecular complexity index is 542. The van der Waals surface area contributed by atoms with Crippen LogP contribution in [0.4, 0.5) is 5.69 Å². The van der Waals surface area contributed by atoms with Crippen molar-refractivity contribution in [2.24, 2.45) is 0 Å². The summed E-state index contributed by atoms with van der Waals surface area (Å²) in [6, 6.07) is 4.49. The highest BCUT2D eigenvalue weighted by molar-refractivity contribution is 6.32. The summed E-state index contributed by atoms with van der Waals surface area (Å²) in [5, 5.41) is 19.5. The maximum Gasteiger partial charge on any atom is 0.226 e. The van der Waals surface area contributed by atoms with Gasteiger partial charge in [0.2, 0.25) is 5.91 Å². The monoisotopic (exact) mass is 266 g/mol. The first-order valence-electron chi connectivity index (χ1n) is 5.27. The molecule has 0 saturated carbocycles. The van der Waals surface area contributed by atoms with E-state index in [0.717, 1.165) is 0 Å². The van der Waals surface area contributed by atoms with E-state index in [0.29, 0.717) is 12.2 Å². The topological polar surface area (TPSA) is 80.0 Å². The predicted octanol–water partition coefficient (Wildman–Crippen LogP) is 1.67. The molecule has 0 bridgehead atoms. The molecule has 1 aromatic carbocycles. The summed E-state index contributed by atoms with van der Waals surface area (Å²) >= 11 is 5.73. The van der Waals surface area contributed by atoms with Crippen LogP contribution in [0.3, 0.4) is 0 Å². The number of anilines is 1. The summed E-state index contributed by atoms with van der Waals surface area (Å²) in [4.78, 5) is 11.6. The molecule has 2 rings (SSSR count). The molecule has 7 heteroatoms. The molecular formula is C11H11ClN4O2. The van der Waals surface area contributed by atoms with Gasteiger partial charge in [0, 0.05) is 18.3 Å². The molecule has 0 unspecified atom stereocenters. The Morgan fingerprint density at radius 2 is 2.33 bits per heavy atom. The van der Waals surface area contributed by atoms with E-state index in [2.05, 4.69) is 15.6 Å². The number of aryl methyl sites for hydroxylation is 1. The molecule has 0 fully saturated rings. The van der Waals surface area contributed by atoms with Gasteiger partial charge in [0.15, 0.2) is 0 Å². The quantitative estimate of drug-likeness (QED) is 0.825. The molecule has 1 amide bonds. The molecule has 0 atom stereocenters. The molecule has 18 heavy (non-hydrogen) atoms. The number of amides is 1. The molecule has 2 N–H and O–H groups in total.